The maximum Gasteiger partial charge on any atom is 0.407 e. The first kappa shape index (κ1) is 12.9. The number of alkyl carbamates (subject to hydrolysis) is 1. The van der Waals surface area contributed by atoms with Crippen LogP contribution in [0.15, 0.2) is 0 Å². The van der Waals surface area contributed by atoms with Gasteiger partial charge in [-0.25, -0.2) is 4.79 Å². The van der Waals surface area contributed by atoms with Crippen molar-refractivity contribution in [3.63, 3.8) is 0 Å². The molecule has 0 aliphatic rings. The Bertz CT molecular complexity index is 105. The van der Waals surface area contributed by atoms with E-state index in [-0.39, 0.29) is 11.7 Å². The Hall–Kier alpha value is -0.730. The molecule has 0 aliphatic heterocycles. The third kappa shape index (κ3) is 12.5. The van der Waals surface area contributed by atoms with Gasteiger partial charge in [-0.15, -0.1) is 0 Å². The van der Waals surface area contributed by atoms with Crippen LogP contribution in [0.4, 0.5) is 4.79 Å². The molecule has 0 aromatic heterocycles. The molecule has 3 heteroatoms. The lowest BCUT2D eigenvalue weighted by atomic mass is 10.2. The first-order valence-electron chi connectivity index (χ1n) is 3.86. The lowest BCUT2D eigenvalue weighted by molar-refractivity contribution is 0.0541. The number of carbonyl (C=O) groups excluding carboxylic acids is 1. The second-order valence-electron chi connectivity index (χ2n) is 2.75. The number of hydrogen-bond donors (Lipinski definition) is 1. The van der Waals surface area contributed by atoms with Crippen molar-refractivity contribution in [3.8, 4) is 0 Å². The van der Waals surface area contributed by atoms with Gasteiger partial charge in [-0.05, 0) is 20.8 Å². The van der Waals surface area contributed by atoms with E-state index in [0.29, 0.717) is 0 Å². The van der Waals surface area contributed by atoms with Crippen LogP contribution >= 0.6 is 0 Å². The Kier molecular flexibility index (Phi) is 7.05. The number of nitrogens with one attached hydrogen (secondary N) is 1. The minimum atomic E-state index is -0.389. The van der Waals surface area contributed by atoms with Gasteiger partial charge in [-0.2, -0.15) is 0 Å². The highest BCUT2D eigenvalue weighted by molar-refractivity contribution is 5.67. The minimum Gasteiger partial charge on any atom is -0.444 e. The summed E-state index contributed by atoms with van der Waals surface area (Å²) < 4.78 is 4.84. The maximum absolute atomic E-state index is 10.5. The summed E-state index contributed by atoms with van der Waals surface area (Å²) in [5.41, 5.74) is -0.389. The molecular weight excluding hydrogens is 142 g/mol. The fraction of sp³-hybridized carbons (Fsp3) is 0.875. The molecule has 0 rings (SSSR count). The lowest BCUT2D eigenvalue weighted by Gasteiger charge is -2.18. The van der Waals surface area contributed by atoms with E-state index in [4.69, 9.17) is 4.74 Å². The smallest absolute Gasteiger partial charge is 0.407 e. The number of rotatable bonds is 0. The van der Waals surface area contributed by atoms with Crippen LogP contribution in [0.5, 0.6) is 0 Å². The van der Waals surface area contributed by atoms with E-state index in [9.17, 15) is 4.79 Å². The molecule has 0 aliphatic carbocycles. The van der Waals surface area contributed by atoms with Crippen LogP contribution in [0.2, 0.25) is 0 Å². The summed E-state index contributed by atoms with van der Waals surface area (Å²) in [6, 6.07) is 0. The summed E-state index contributed by atoms with van der Waals surface area (Å²) in [6.07, 6.45) is -0.387. The standard InChI is InChI=1S/C6H13NO2.C2H6/c1-6(2,3)9-5(8)7-4;1-2/h1-4H3,(H,7,8);1-2H3. The molecule has 11 heavy (non-hydrogen) atoms. The minimum absolute atomic E-state index is 0.387. The van der Waals surface area contributed by atoms with Crippen molar-refractivity contribution < 1.29 is 9.53 Å². The second kappa shape index (κ2) is 6.01. The second-order valence-corrected chi connectivity index (χ2v) is 2.75. The van der Waals surface area contributed by atoms with Gasteiger partial charge in [0.15, 0.2) is 0 Å². The molecule has 0 bridgehead atoms. The van der Waals surface area contributed by atoms with Gasteiger partial charge in [0.25, 0.3) is 0 Å². The topological polar surface area (TPSA) is 38.3 Å². The van der Waals surface area contributed by atoms with Gasteiger partial charge in [0.05, 0.1) is 0 Å². The van der Waals surface area contributed by atoms with Crippen LogP contribution in [0.1, 0.15) is 34.6 Å². The molecule has 0 unspecified atom stereocenters. The average Bonchev–Trinajstić information content (AvgIpc) is 1.89. The number of carbonyl (C=O) groups is 1. The van der Waals surface area contributed by atoms with Gasteiger partial charge in [-0.3, -0.25) is 0 Å². The van der Waals surface area contributed by atoms with Crippen molar-refractivity contribution in [1.29, 1.82) is 0 Å². The molecule has 0 radical (unpaired) electrons. The summed E-state index contributed by atoms with van der Waals surface area (Å²) >= 11 is 0. The fourth-order valence-electron chi connectivity index (χ4n) is 0.329. The Morgan fingerprint density at radius 3 is 1.73 bits per heavy atom. The van der Waals surface area contributed by atoms with Crippen LogP contribution in [0, 0.1) is 0 Å². The van der Waals surface area contributed by atoms with Crippen LogP contribution in [0.3, 0.4) is 0 Å². The van der Waals surface area contributed by atoms with Crippen molar-refractivity contribution in [3.05, 3.63) is 0 Å². The number of hydrogen-bond acceptors (Lipinski definition) is 2. The average molecular weight is 161 g/mol. The summed E-state index contributed by atoms with van der Waals surface area (Å²) in [5.74, 6) is 0. The number of amides is 1. The van der Waals surface area contributed by atoms with Gasteiger partial charge in [-0.1, -0.05) is 13.8 Å². The third-order valence-electron chi connectivity index (χ3n) is 0.603. The molecule has 0 spiro atoms. The van der Waals surface area contributed by atoms with Crippen molar-refractivity contribution in [2.24, 2.45) is 0 Å². The Balaban J connectivity index is 0. The van der Waals surface area contributed by atoms with E-state index in [1.807, 2.05) is 34.6 Å². The fourth-order valence-corrected chi connectivity index (χ4v) is 0.329. The van der Waals surface area contributed by atoms with Gasteiger partial charge in [0, 0.05) is 7.05 Å². The maximum atomic E-state index is 10.5. The van der Waals surface area contributed by atoms with Gasteiger partial charge < -0.3 is 10.1 Å². The molecule has 0 heterocycles. The molecule has 3 nitrogen and oxygen atoms in total. The highest BCUT2D eigenvalue weighted by atomic mass is 16.6. The van der Waals surface area contributed by atoms with Crippen molar-refractivity contribution >= 4 is 6.09 Å². The summed E-state index contributed by atoms with van der Waals surface area (Å²) in [5, 5.41) is 2.36. The zero-order valence-electron chi connectivity index (χ0n) is 8.32. The lowest BCUT2D eigenvalue weighted by Crippen LogP contribution is -2.30. The molecule has 0 saturated carbocycles. The molecule has 0 aromatic rings. The molecular formula is C8H19NO2. The van der Waals surface area contributed by atoms with E-state index in [1.165, 1.54) is 7.05 Å². The quantitative estimate of drug-likeness (QED) is 0.591. The third-order valence-corrected chi connectivity index (χ3v) is 0.603. The predicted molar refractivity (Wildman–Crippen MR) is 46.6 cm³/mol. The van der Waals surface area contributed by atoms with Gasteiger partial charge in [0.1, 0.15) is 5.60 Å². The molecule has 0 aromatic carbocycles. The van der Waals surface area contributed by atoms with E-state index < -0.39 is 0 Å². The Labute approximate surface area is 69.1 Å². The largest absolute Gasteiger partial charge is 0.444 e. The van der Waals surface area contributed by atoms with Crippen molar-refractivity contribution in [2.45, 2.75) is 40.2 Å². The van der Waals surface area contributed by atoms with Crippen molar-refractivity contribution in [1.82, 2.24) is 5.32 Å². The zero-order chi connectivity index (χ0) is 9.49. The van der Waals surface area contributed by atoms with E-state index in [1.54, 1.807) is 0 Å². The van der Waals surface area contributed by atoms with Crippen molar-refractivity contribution in [2.75, 3.05) is 7.05 Å². The van der Waals surface area contributed by atoms with E-state index in [0.717, 1.165) is 0 Å². The highest BCUT2D eigenvalue weighted by Gasteiger charge is 2.13. The highest BCUT2D eigenvalue weighted by Crippen LogP contribution is 2.05. The predicted octanol–water partition coefficient (Wildman–Crippen LogP) is 2.17. The first-order chi connectivity index (χ1) is 4.95. The SMILES string of the molecule is CC.CNC(=O)OC(C)(C)C. The summed E-state index contributed by atoms with van der Waals surface area (Å²) in [7, 11) is 1.54. The molecule has 0 fully saturated rings. The Morgan fingerprint density at radius 1 is 1.27 bits per heavy atom. The van der Waals surface area contributed by atoms with E-state index >= 15 is 0 Å². The van der Waals surface area contributed by atoms with Crippen LogP contribution in [-0.4, -0.2) is 18.7 Å². The molecule has 68 valence electrons. The van der Waals surface area contributed by atoms with Crippen LogP contribution in [0.25, 0.3) is 0 Å². The Morgan fingerprint density at radius 2 is 1.64 bits per heavy atom. The van der Waals surface area contributed by atoms with Crippen LogP contribution in [-0.2, 0) is 4.74 Å². The molecule has 1 amide bonds. The summed E-state index contributed by atoms with van der Waals surface area (Å²) in [6.45, 7) is 9.47. The van der Waals surface area contributed by atoms with Crippen LogP contribution < -0.4 is 5.32 Å². The normalized spacial score (nSPS) is 9.27. The van der Waals surface area contributed by atoms with E-state index in [2.05, 4.69) is 5.32 Å². The molecule has 0 atom stereocenters. The monoisotopic (exact) mass is 161 g/mol. The van der Waals surface area contributed by atoms with Gasteiger partial charge >= 0.3 is 6.09 Å². The zero-order valence-corrected chi connectivity index (χ0v) is 8.32. The molecule has 0 saturated heterocycles. The number of ether oxygens (including phenoxy) is 1. The van der Waals surface area contributed by atoms with Gasteiger partial charge in [0.2, 0.25) is 0 Å². The molecule has 1 N–H and O–H groups in total. The summed E-state index contributed by atoms with van der Waals surface area (Å²) in [4.78, 5) is 10.5. The first-order valence-corrected chi connectivity index (χ1v) is 3.86.